The van der Waals surface area contributed by atoms with Crippen LogP contribution in [0.1, 0.15) is 46.0 Å². The van der Waals surface area contributed by atoms with Crippen molar-refractivity contribution in [2.75, 3.05) is 0 Å². The molecular formula is C17H24N3NaO4S. The minimum atomic E-state index is -1.26. The number of thioether (sulfide) groups is 1. The summed E-state index contributed by atoms with van der Waals surface area (Å²) in [6, 6.07) is -2.11. The maximum Gasteiger partial charge on any atom is 1.00 e. The van der Waals surface area contributed by atoms with Gasteiger partial charge < -0.3 is 25.4 Å². The standard InChI is InChI=1S/C17H25N3O4S.Na/c1-17(2)12(15(22)23)20-13(21)11(14(20)25-17)19-16(24)18-9-8-10-6-4-3-5-7-10;/h8-12,14H,3-7H2,1-2H3,(H,22,23)(H2,18,19,24);/q;+1/p-1/b9-8+;/t11?,12-,14?;/m0./s1. The van der Waals surface area contributed by atoms with E-state index in [1.165, 1.54) is 35.9 Å². The van der Waals surface area contributed by atoms with Crippen molar-refractivity contribution < 1.29 is 49.0 Å². The number of nitrogens with one attached hydrogen (secondary N) is 2. The fraction of sp³-hybridized carbons (Fsp3) is 0.706. The molecule has 1 saturated carbocycles. The number of fused-ring (bicyclic) bond motifs is 1. The first-order valence-electron chi connectivity index (χ1n) is 8.76. The third-order valence-electron chi connectivity index (χ3n) is 5.18. The van der Waals surface area contributed by atoms with Gasteiger partial charge in [0.05, 0.1) is 12.0 Å². The third kappa shape index (κ3) is 4.24. The van der Waals surface area contributed by atoms with Crippen LogP contribution in [0.4, 0.5) is 4.79 Å². The first-order valence-corrected chi connectivity index (χ1v) is 9.64. The molecule has 2 saturated heterocycles. The van der Waals surface area contributed by atoms with Gasteiger partial charge in [0.15, 0.2) is 0 Å². The van der Waals surface area contributed by atoms with Crippen LogP contribution in [0.3, 0.4) is 0 Å². The van der Waals surface area contributed by atoms with Gasteiger partial charge in [0, 0.05) is 10.9 Å². The number of carbonyl (C=O) groups excluding carboxylic acids is 3. The number of nitrogens with zero attached hydrogens (tertiary/aromatic N) is 1. The second-order valence-corrected chi connectivity index (χ2v) is 9.20. The quantitative estimate of drug-likeness (QED) is 0.411. The molecule has 2 N–H and O–H groups in total. The molecular weight excluding hydrogens is 365 g/mol. The molecule has 3 rings (SSSR count). The van der Waals surface area contributed by atoms with Crippen LogP contribution >= 0.6 is 11.8 Å². The maximum atomic E-state index is 12.3. The number of carboxylic acid groups (broad SMARTS) is 1. The number of amides is 3. The summed E-state index contributed by atoms with van der Waals surface area (Å²) in [6.45, 7) is 3.54. The molecule has 0 spiro atoms. The van der Waals surface area contributed by atoms with Crippen molar-refractivity contribution in [3.8, 4) is 0 Å². The van der Waals surface area contributed by atoms with E-state index in [9.17, 15) is 19.5 Å². The van der Waals surface area contributed by atoms with Gasteiger partial charge in [0.1, 0.15) is 11.4 Å². The molecule has 3 amide bonds. The summed E-state index contributed by atoms with van der Waals surface area (Å²) in [5.41, 5.74) is 0. The molecule has 3 fully saturated rings. The van der Waals surface area contributed by atoms with E-state index in [1.807, 2.05) is 6.08 Å². The second-order valence-electron chi connectivity index (χ2n) is 7.43. The van der Waals surface area contributed by atoms with E-state index >= 15 is 0 Å². The van der Waals surface area contributed by atoms with Crippen LogP contribution in [0.5, 0.6) is 0 Å². The Morgan fingerprint density at radius 2 is 1.92 bits per heavy atom. The van der Waals surface area contributed by atoms with Crippen molar-refractivity contribution in [2.45, 2.75) is 68.2 Å². The van der Waals surface area contributed by atoms with Gasteiger partial charge in [-0.25, -0.2) is 4.79 Å². The molecule has 3 atom stereocenters. The van der Waals surface area contributed by atoms with Crippen molar-refractivity contribution >= 4 is 29.7 Å². The number of β-lactam (4-membered cyclic amide) rings is 1. The van der Waals surface area contributed by atoms with E-state index in [4.69, 9.17) is 0 Å². The third-order valence-corrected chi connectivity index (χ3v) is 6.76. The maximum absolute atomic E-state index is 12.3. The van der Waals surface area contributed by atoms with Gasteiger partial charge in [0.25, 0.3) is 0 Å². The van der Waals surface area contributed by atoms with Crippen molar-refractivity contribution in [3.63, 3.8) is 0 Å². The molecule has 3 aliphatic rings. The average molecular weight is 389 g/mol. The Labute approximate surface area is 180 Å². The Balaban J connectivity index is 0.00000243. The zero-order valence-electron chi connectivity index (χ0n) is 15.5. The molecule has 2 aliphatic heterocycles. The number of carbonyl (C=O) groups is 3. The predicted octanol–water partition coefficient (Wildman–Crippen LogP) is -2.44. The minimum absolute atomic E-state index is 0. The van der Waals surface area contributed by atoms with Gasteiger partial charge in [-0.15, -0.1) is 11.8 Å². The Hall–Kier alpha value is -0.700. The van der Waals surface area contributed by atoms with E-state index in [2.05, 4.69) is 10.6 Å². The van der Waals surface area contributed by atoms with Crippen molar-refractivity contribution in [3.05, 3.63) is 12.3 Å². The Morgan fingerprint density at radius 3 is 2.54 bits per heavy atom. The summed E-state index contributed by atoms with van der Waals surface area (Å²) in [5, 5.41) is 16.3. The minimum Gasteiger partial charge on any atom is -0.548 e. The first-order chi connectivity index (χ1) is 11.8. The molecule has 0 aromatic rings. The Kier molecular flexibility index (Phi) is 7.10. The molecule has 9 heteroatoms. The summed E-state index contributed by atoms with van der Waals surface area (Å²) in [5.74, 6) is -1.12. The smallest absolute Gasteiger partial charge is 0.548 e. The van der Waals surface area contributed by atoms with Crippen LogP contribution in [-0.2, 0) is 9.59 Å². The molecule has 26 heavy (non-hydrogen) atoms. The number of hydrogen-bond donors (Lipinski definition) is 2. The molecule has 138 valence electrons. The molecule has 0 radical (unpaired) electrons. The fourth-order valence-corrected chi connectivity index (χ4v) is 5.52. The SMILES string of the molecule is CC1(C)SC2C(NC(=O)N/C=C/C3CCCCC3)C(=O)N2[C@H]1C(=O)[O-].[Na+]. The fourth-order valence-electron chi connectivity index (χ4n) is 3.90. The van der Waals surface area contributed by atoms with Gasteiger partial charge >= 0.3 is 35.6 Å². The Morgan fingerprint density at radius 1 is 1.27 bits per heavy atom. The van der Waals surface area contributed by atoms with Crippen LogP contribution in [0.15, 0.2) is 12.3 Å². The molecule has 2 heterocycles. The molecule has 2 unspecified atom stereocenters. The number of hydrogen-bond acceptors (Lipinski definition) is 5. The molecule has 7 nitrogen and oxygen atoms in total. The van der Waals surface area contributed by atoms with Crippen LogP contribution in [-0.4, -0.2) is 45.0 Å². The largest absolute Gasteiger partial charge is 1.00 e. The van der Waals surface area contributed by atoms with Crippen LogP contribution in [0.2, 0.25) is 0 Å². The number of allylic oxidation sites excluding steroid dienone is 1. The van der Waals surface area contributed by atoms with Crippen LogP contribution in [0, 0.1) is 5.92 Å². The van der Waals surface area contributed by atoms with Crippen molar-refractivity contribution in [1.29, 1.82) is 0 Å². The zero-order chi connectivity index (χ0) is 18.2. The summed E-state index contributed by atoms with van der Waals surface area (Å²) in [7, 11) is 0. The number of urea groups is 1. The van der Waals surface area contributed by atoms with E-state index in [0.29, 0.717) is 5.92 Å². The summed E-state index contributed by atoms with van der Waals surface area (Å²) in [6.07, 6.45) is 9.67. The summed E-state index contributed by atoms with van der Waals surface area (Å²) < 4.78 is -0.646. The summed E-state index contributed by atoms with van der Waals surface area (Å²) >= 11 is 1.38. The van der Waals surface area contributed by atoms with E-state index in [1.54, 1.807) is 20.0 Å². The molecule has 0 bridgehead atoms. The molecule has 0 aromatic heterocycles. The number of rotatable bonds is 4. The normalized spacial score (nSPS) is 30.3. The average Bonchev–Trinajstić information content (AvgIpc) is 2.82. The topological polar surface area (TPSA) is 102 Å². The monoisotopic (exact) mass is 389 g/mol. The molecule has 1 aliphatic carbocycles. The first kappa shape index (κ1) is 21.6. The summed E-state index contributed by atoms with van der Waals surface area (Å²) in [4.78, 5) is 36.9. The van der Waals surface area contributed by atoms with Gasteiger partial charge in [-0.2, -0.15) is 0 Å². The van der Waals surface area contributed by atoms with Crippen LogP contribution < -0.4 is 45.3 Å². The van der Waals surface area contributed by atoms with Crippen molar-refractivity contribution in [2.24, 2.45) is 5.92 Å². The van der Waals surface area contributed by atoms with E-state index < -0.39 is 28.8 Å². The van der Waals surface area contributed by atoms with E-state index in [-0.39, 0.29) is 40.8 Å². The molecule has 0 aromatic carbocycles. The second kappa shape index (κ2) is 8.54. The number of carboxylic acids is 1. The van der Waals surface area contributed by atoms with Gasteiger partial charge in [-0.1, -0.05) is 25.3 Å². The zero-order valence-corrected chi connectivity index (χ0v) is 18.3. The Bertz CT molecular complexity index is 607. The predicted molar refractivity (Wildman–Crippen MR) is 92.3 cm³/mol. The van der Waals surface area contributed by atoms with Crippen molar-refractivity contribution in [1.82, 2.24) is 15.5 Å². The van der Waals surface area contributed by atoms with Crippen LogP contribution in [0.25, 0.3) is 0 Å². The van der Waals surface area contributed by atoms with Gasteiger partial charge in [0.2, 0.25) is 5.91 Å². The van der Waals surface area contributed by atoms with Gasteiger partial charge in [-0.05, 0) is 32.6 Å². The van der Waals surface area contributed by atoms with E-state index in [0.717, 1.165) is 12.8 Å². The number of aliphatic carboxylic acids is 1. The van der Waals surface area contributed by atoms with Gasteiger partial charge in [-0.3, -0.25) is 4.79 Å².